The van der Waals surface area contributed by atoms with Crippen molar-refractivity contribution in [3.05, 3.63) is 34.3 Å². The van der Waals surface area contributed by atoms with E-state index < -0.39 is 18.0 Å². The molecule has 0 aliphatic carbocycles. The predicted molar refractivity (Wildman–Crippen MR) is 69.8 cm³/mol. The summed E-state index contributed by atoms with van der Waals surface area (Å²) in [5.74, 6) is -1.69. The van der Waals surface area contributed by atoms with Gasteiger partial charge in [0.15, 0.2) is 0 Å². The van der Waals surface area contributed by atoms with Crippen molar-refractivity contribution < 1.29 is 15.0 Å². The summed E-state index contributed by atoms with van der Waals surface area (Å²) in [5.41, 5.74) is 0.966. The molecule has 3 nitrogen and oxygen atoms in total. The van der Waals surface area contributed by atoms with Crippen molar-refractivity contribution >= 4 is 21.9 Å². The summed E-state index contributed by atoms with van der Waals surface area (Å²) in [7, 11) is 0. The number of aliphatic hydroxyl groups excluding tert-OH is 1. The number of aliphatic hydroxyl groups is 1. The molecular weight excluding hydrogens is 284 g/mol. The average Bonchev–Trinajstić information content (AvgIpc) is 2.26. The van der Waals surface area contributed by atoms with Crippen LogP contribution < -0.4 is 0 Å². The summed E-state index contributed by atoms with van der Waals surface area (Å²) in [6, 6.07) is 7.58. The minimum absolute atomic E-state index is 0.267. The van der Waals surface area contributed by atoms with Crippen LogP contribution >= 0.6 is 15.9 Å². The van der Waals surface area contributed by atoms with E-state index in [1.54, 1.807) is 13.8 Å². The Bertz CT molecular complexity index is 373. The zero-order valence-electron chi connectivity index (χ0n) is 9.93. The summed E-state index contributed by atoms with van der Waals surface area (Å²) < 4.78 is 0.969. The maximum Gasteiger partial charge on any atom is 0.307 e. The number of benzene rings is 1. The van der Waals surface area contributed by atoms with Crippen LogP contribution in [0, 0.1) is 11.8 Å². The van der Waals surface area contributed by atoms with Crippen LogP contribution in [-0.2, 0) is 11.2 Å². The molecule has 0 bridgehead atoms. The van der Waals surface area contributed by atoms with Gasteiger partial charge in [0.25, 0.3) is 0 Å². The van der Waals surface area contributed by atoms with Crippen molar-refractivity contribution in [1.29, 1.82) is 0 Å². The Labute approximate surface area is 110 Å². The number of halogens is 1. The summed E-state index contributed by atoms with van der Waals surface area (Å²) in [6.07, 6.45) is -0.180. The van der Waals surface area contributed by atoms with E-state index in [0.29, 0.717) is 6.42 Å². The van der Waals surface area contributed by atoms with Crippen LogP contribution in [-0.4, -0.2) is 22.3 Å². The molecule has 0 aliphatic rings. The van der Waals surface area contributed by atoms with Crippen LogP contribution in [0.5, 0.6) is 0 Å². The van der Waals surface area contributed by atoms with Crippen molar-refractivity contribution in [1.82, 2.24) is 0 Å². The SMILES string of the molecule is CC(O)C(C)C(Cc1ccc(Br)cc1)C(=O)O. The molecule has 3 atom stereocenters. The van der Waals surface area contributed by atoms with Gasteiger partial charge in [-0.1, -0.05) is 35.0 Å². The topological polar surface area (TPSA) is 57.5 Å². The van der Waals surface area contributed by atoms with Crippen molar-refractivity contribution in [2.24, 2.45) is 11.8 Å². The molecule has 1 aromatic carbocycles. The highest BCUT2D eigenvalue weighted by Gasteiger charge is 2.27. The average molecular weight is 301 g/mol. The van der Waals surface area contributed by atoms with Crippen molar-refractivity contribution in [2.45, 2.75) is 26.4 Å². The van der Waals surface area contributed by atoms with Gasteiger partial charge in [-0.3, -0.25) is 4.79 Å². The van der Waals surface area contributed by atoms with Crippen LogP contribution in [0.3, 0.4) is 0 Å². The molecule has 94 valence electrons. The van der Waals surface area contributed by atoms with Gasteiger partial charge < -0.3 is 10.2 Å². The third-order valence-corrected chi connectivity index (χ3v) is 3.61. The lowest BCUT2D eigenvalue weighted by molar-refractivity contribution is -0.145. The van der Waals surface area contributed by atoms with E-state index in [1.165, 1.54) is 0 Å². The van der Waals surface area contributed by atoms with E-state index in [-0.39, 0.29) is 5.92 Å². The van der Waals surface area contributed by atoms with Crippen molar-refractivity contribution in [3.63, 3.8) is 0 Å². The second-order valence-electron chi connectivity index (χ2n) is 4.38. The molecule has 0 fully saturated rings. The number of carbonyl (C=O) groups is 1. The highest BCUT2D eigenvalue weighted by atomic mass is 79.9. The molecule has 0 aliphatic heterocycles. The maximum absolute atomic E-state index is 11.2. The zero-order chi connectivity index (χ0) is 13.0. The molecular formula is C13H17BrO3. The second kappa shape index (κ2) is 6.17. The first-order valence-electron chi connectivity index (χ1n) is 5.57. The molecule has 0 spiro atoms. The maximum atomic E-state index is 11.2. The van der Waals surface area contributed by atoms with E-state index in [0.717, 1.165) is 10.0 Å². The van der Waals surface area contributed by atoms with Gasteiger partial charge in [0.1, 0.15) is 0 Å². The molecule has 1 rings (SSSR count). The van der Waals surface area contributed by atoms with Gasteiger partial charge in [0.05, 0.1) is 12.0 Å². The Morgan fingerprint density at radius 2 is 1.82 bits per heavy atom. The number of hydrogen-bond donors (Lipinski definition) is 2. The quantitative estimate of drug-likeness (QED) is 0.879. The molecule has 0 amide bonds. The Hall–Kier alpha value is -0.870. The van der Waals surface area contributed by atoms with E-state index in [1.807, 2.05) is 24.3 Å². The number of hydrogen-bond acceptors (Lipinski definition) is 2. The van der Waals surface area contributed by atoms with Crippen LogP contribution in [0.15, 0.2) is 28.7 Å². The molecule has 0 aromatic heterocycles. The summed E-state index contributed by atoms with van der Waals surface area (Å²) in [4.78, 5) is 11.2. The monoisotopic (exact) mass is 300 g/mol. The highest BCUT2D eigenvalue weighted by molar-refractivity contribution is 9.10. The van der Waals surface area contributed by atoms with E-state index >= 15 is 0 Å². The number of rotatable bonds is 5. The fraction of sp³-hybridized carbons (Fsp3) is 0.462. The Morgan fingerprint density at radius 1 is 1.29 bits per heavy atom. The molecule has 0 saturated heterocycles. The lowest BCUT2D eigenvalue weighted by atomic mass is 9.85. The lowest BCUT2D eigenvalue weighted by Gasteiger charge is -2.22. The smallest absolute Gasteiger partial charge is 0.307 e. The molecule has 0 heterocycles. The van der Waals surface area contributed by atoms with Crippen LogP contribution in [0.25, 0.3) is 0 Å². The number of carboxylic acid groups (broad SMARTS) is 1. The molecule has 3 unspecified atom stereocenters. The first-order chi connectivity index (χ1) is 7.91. The standard InChI is InChI=1S/C13H17BrO3/c1-8(9(2)15)12(13(16)17)7-10-3-5-11(14)6-4-10/h3-6,8-9,12,15H,7H2,1-2H3,(H,16,17). The van der Waals surface area contributed by atoms with Gasteiger partial charge in [-0.05, 0) is 37.0 Å². The Morgan fingerprint density at radius 3 is 2.24 bits per heavy atom. The number of carboxylic acids is 1. The molecule has 0 saturated carbocycles. The van der Waals surface area contributed by atoms with Gasteiger partial charge in [0, 0.05) is 4.47 Å². The summed E-state index contributed by atoms with van der Waals surface area (Å²) in [5, 5.41) is 18.7. The summed E-state index contributed by atoms with van der Waals surface area (Å²) >= 11 is 3.34. The van der Waals surface area contributed by atoms with Gasteiger partial charge in [-0.2, -0.15) is 0 Å². The van der Waals surface area contributed by atoms with Crippen LogP contribution in [0.4, 0.5) is 0 Å². The normalized spacial score (nSPS) is 16.2. The Balaban J connectivity index is 2.80. The molecule has 0 radical (unpaired) electrons. The fourth-order valence-electron chi connectivity index (χ4n) is 1.71. The van der Waals surface area contributed by atoms with E-state index in [4.69, 9.17) is 0 Å². The zero-order valence-corrected chi connectivity index (χ0v) is 11.5. The van der Waals surface area contributed by atoms with E-state index in [9.17, 15) is 15.0 Å². The highest BCUT2D eigenvalue weighted by Crippen LogP contribution is 2.22. The van der Waals surface area contributed by atoms with Gasteiger partial charge in [-0.15, -0.1) is 0 Å². The van der Waals surface area contributed by atoms with Crippen LogP contribution in [0.2, 0.25) is 0 Å². The minimum atomic E-state index is -0.860. The fourth-order valence-corrected chi connectivity index (χ4v) is 1.97. The van der Waals surface area contributed by atoms with Gasteiger partial charge in [-0.25, -0.2) is 0 Å². The van der Waals surface area contributed by atoms with E-state index in [2.05, 4.69) is 15.9 Å². The van der Waals surface area contributed by atoms with Crippen molar-refractivity contribution in [2.75, 3.05) is 0 Å². The third-order valence-electron chi connectivity index (χ3n) is 3.08. The lowest BCUT2D eigenvalue weighted by Crippen LogP contribution is -2.30. The first-order valence-corrected chi connectivity index (χ1v) is 6.36. The second-order valence-corrected chi connectivity index (χ2v) is 5.29. The first kappa shape index (κ1) is 14.2. The molecule has 4 heteroatoms. The van der Waals surface area contributed by atoms with Gasteiger partial charge in [0.2, 0.25) is 0 Å². The van der Waals surface area contributed by atoms with Crippen LogP contribution in [0.1, 0.15) is 19.4 Å². The molecule has 17 heavy (non-hydrogen) atoms. The third kappa shape index (κ3) is 4.13. The summed E-state index contributed by atoms with van der Waals surface area (Å²) in [6.45, 7) is 3.39. The number of aliphatic carboxylic acids is 1. The van der Waals surface area contributed by atoms with Crippen molar-refractivity contribution in [3.8, 4) is 0 Å². The predicted octanol–water partition coefficient (Wildman–Crippen LogP) is 2.71. The molecule has 1 aromatic rings. The van der Waals surface area contributed by atoms with Gasteiger partial charge >= 0.3 is 5.97 Å². The molecule has 2 N–H and O–H groups in total. The largest absolute Gasteiger partial charge is 0.481 e. The Kier molecular flexibility index (Phi) is 5.15. The minimum Gasteiger partial charge on any atom is -0.481 e.